The van der Waals surface area contributed by atoms with Crippen molar-refractivity contribution >= 4 is 17.6 Å². The second kappa shape index (κ2) is 5.84. The normalized spacial score (nSPS) is 12.1. The van der Waals surface area contributed by atoms with Crippen molar-refractivity contribution in [1.29, 1.82) is 0 Å². The van der Waals surface area contributed by atoms with Gasteiger partial charge >= 0.3 is 5.97 Å². The molecule has 19 heavy (non-hydrogen) atoms. The first-order valence-corrected chi connectivity index (χ1v) is 6.06. The maximum atomic E-state index is 12.1. The van der Waals surface area contributed by atoms with E-state index in [1.807, 2.05) is 32.9 Å². The molecule has 0 aliphatic heterocycles. The summed E-state index contributed by atoms with van der Waals surface area (Å²) in [4.78, 5) is 24.1. The summed E-state index contributed by atoms with van der Waals surface area (Å²) in [6.07, 6.45) is -0.368. The molecule has 3 N–H and O–H groups in total. The molecule has 5 heteroatoms. The van der Waals surface area contributed by atoms with Crippen LogP contribution in [0.3, 0.4) is 0 Å². The molecule has 1 aromatic rings. The fourth-order valence-corrected chi connectivity index (χ4v) is 1.95. The maximum absolute atomic E-state index is 12.1. The number of nitrogens with two attached hydrogens (primary N) is 1. The fraction of sp³-hybridized carbons (Fsp3) is 0.429. The molecule has 0 aliphatic rings. The minimum atomic E-state index is -1.08. The largest absolute Gasteiger partial charge is 0.481 e. The highest BCUT2D eigenvalue weighted by Gasteiger charge is 2.22. The second-order valence-corrected chi connectivity index (χ2v) is 4.82. The topological polar surface area (TPSA) is 83.6 Å². The number of aliphatic carboxylic acids is 1. The Balaban J connectivity index is 3.00. The molecule has 1 unspecified atom stereocenters. The predicted molar refractivity (Wildman–Crippen MR) is 74.3 cm³/mol. The number of nitrogens with zero attached hydrogens (tertiary/aromatic N) is 1. The molecule has 1 amide bonds. The summed E-state index contributed by atoms with van der Waals surface area (Å²) >= 11 is 0. The zero-order valence-electron chi connectivity index (χ0n) is 11.7. The first kappa shape index (κ1) is 15.2. The van der Waals surface area contributed by atoms with Gasteiger partial charge in [0.1, 0.15) is 0 Å². The highest BCUT2D eigenvalue weighted by Crippen LogP contribution is 2.23. The van der Waals surface area contributed by atoms with Gasteiger partial charge < -0.3 is 15.7 Å². The van der Waals surface area contributed by atoms with Crippen LogP contribution in [0.2, 0.25) is 0 Å². The Bertz CT molecular complexity index is 512. The quantitative estimate of drug-likeness (QED) is 0.860. The number of carboxylic acid groups (broad SMARTS) is 1. The Kier molecular flexibility index (Phi) is 4.67. The second-order valence-electron chi connectivity index (χ2n) is 4.82. The number of carbonyl (C=O) groups is 2. The lowest BCUT2D eigenvalue weighted by atomic mass is 10.0. The maximum Gasteiger partial charge on any atom is 0.305 e. The number of hydrogen-bond donors (Lipinski definition) is 2. The van der Waals surface area contributed by atoms with Gasteiger partial charge in [-0.2, -0.15) is 0 Å². The molecule has 0 saturated carbocycles. The van der Waals surface area contributed by atoms with Crippen LogP contribution in [0.15, 0.2) is 12.1 Å². The SMILES string of the molecule is Cc1cc(C)c(N(C)C(=O)C(N)CC(=O)O)cc1C. The highest BCUT2D eigenvalue weighted by molar-refractivity contribution is 5.99. The van der Waals surface area contributed by atoms with Gasteiger partial charge in [0, 0.05) is 12.7 Å². The van der Waals surface area contributed by atoms with Gasteiger partial charge in [-0.25, -0.2) is 0 Å². The van der Waals surface area contributed by atoms with Gasteiger partial charge in [0.05, 0.1) is 12.5 Å². The summed E-state index contributed by atoms with van der Waals surface area (Å²) in [7, 11) is 1.61. The molecule has 0 aromatic heterocycles. The van der Waals surface area contributed by atoms with E-state index in [9.17, 15) is 9.59 Å². The number of amides is 1. The molecule has 1 aromatic carbocycles. The lowest BCUT2D eigenvalue weighted by Gasteiger charge is -2.23. The van der Waals surface area contributed by atoms with Crippen LogP contribution in [0, 0.1) is 20.8 Å². The number of rotatable bonds is 4. The monoisotopic (exact) mass is 264 g/mol. The molecule has 1 rings (SSSR count). The van der Waals surface area contributed by atoms with E-state index >= 15 is 0 Å². The molecule has 104 valence electrons. The Hall–Kier alpha value is -1.88. The summed E-state index contributed by atoms with van der Waals surface area (Å²) in [5.74, 6) is -1.47. The van der Waals surface area contributed by atoms with E-state index in [0.717, 1.165) is 22.4 Å². The Labute approximate surface area is 113 Å². The molecule has 0 radical (unpaired) electrons. The van der Waals surface area contributed by atoms with E-state index in [2.05, 4.69) is 0 Å². The van der Waals surface area contributed by atoms with Gasteiger partial charge in [-0.15, -0.1) is 0 Å². The molecule has 0 heterocycles. The van der Waals surface area contributed by atoms with Crippen molar-refractivity contribution in [2.24, 2.45) is 5.73 Å². The molecular formula is C14H20N2O3. The standard InChI is InChI=1S/C14H20N2O3/c1-8-5-10(3)12(6-9(8)2)16(4)14(19)11(15)7-13(17)18/h5-6,11H,7,15H2,1-4H3,(H,17,18). The Morgan fingerprint density at radius 3 is 2.26 bits per heavy atom. The molecular weight excluding hydrogens is 244 g/mol. The first-order chi connectivity index (χ1) is 8.73. The van der Waals surface area contributed by atoms with Gasteiger partial charge in [0.2, 0.25) is 5.91 Å². The smallest absolute Gasteiger partial charge is 0.305 e. The lowest BCUT2D eigenvalue weighted by Crippen LogP contribution is -2.43. The van der Waals surface area contributed by atoms with Gasteiger partial charge in [-0.05, 0) is 43.5 Å². The van der Waals surface area contributed by atoms with E-state index in [0.29, 0.717) is 0 Å². The highest BCUT2D eigenvalue weighted by atomic mass is 16.4. The van der Waals surface area contributed by atoms with Gasteiger partial charge in [-0.1, -0.05) is 6.07 Å². The zero-order chi connectivity index (χ0) is 14.7. The van der Waals surface area contributed by atoms with Crippen LogP contribution in [0.1, 0.15) is 23.1 Å². The summed E-state index contributed by atoms with van der Waals surface area (Å²) in [5.41, 5.74) is 9.55. The van der Waals surface area contributed by atoms with E-state index in [4.69, 9.17) is 10.8 Å². The minimum Gasteiger partial charge on any atom is -0.481 e. The van der Waals surface area contributed by atoms with Gasteiger partial charge in [-0.3, -0.25) is 9.59 Å². The molecule has 0 fully saturated rings. The Morgan fingerprint density at radius 2 is 1.74 bits per heavy atom. The summed E-state index contributed by atoms with van der Waals surface area (Å²) in [6.45, 7) is 5.88. The number of benzene rings is 1. The fourth-order valence-electron chi connectivity index (χ4n) is 1.95. The van der Waals surface area contributed by atoms with Crippen molar-refractivity contribution in [2.45, 2.75) is 33.2 Å². The van der Waals surface area contributed by atoms with Crippen molar-refractivity contribution in [3.8, 4) is 0 Å². The van der Waals surface area contributed by atoms with Crippen LogP contribution in [-0.4, -0.2) is 30.1 Å². The first-order valence-electron chi connectivity index (χ1n) is 6.06. The van der Waals surface area contributed by atoms with Crippen LogP contribution in [0.4, 0.5) is 5.69 Å². The number of carboxylic acids is 1. The van der Waals surface area contributed by atoms with Crippen LogP contribution in [0.25, 0.3) is 0 Å². The van der Waals surface area contributed by atoms with Crippen LogP contribution >= 0.6 is 0 Å². The minimum absolute atomic E-state index is 0.368. The predicted octanol–water partition coefficient (Wildman–Crippen LogP) is 1.38. The van der Waals surface area contributed by atoms with E-state index < -0.39 is 17.9 Å². The van der Waals surface area contributed by atoms with Crippen LogP contribution in [0.5, 0.6) is 0 Å². The third-order valence-electron chi connectivity index (χ3n) is 3.22. The van der Waals surface area contributed by atoms with Gasteiger partial charge in [0.15, 0.2) is 0 Å². The number of hydrogen-bond acceptors (Lipinski definition) is 3. The number of carbonyl (C=O) groups excluding carboxylic acids is 1. The van der Waals surface area contributed by atoms with E-state index in [1.54, 1.807) is 7.05 Å². The third-order valence-corrected chi connectivity index (χ3v) is 3.22. The lowest BCUT2D eigenvalue weighted by molar-refractivity contribution is -0.139. The summed E-state index contributed by atoms with van der Waals surface area (Å²) < 4.78 is 0. The average molecular weight is 264 g/mol. The van der Waals surface area contributed by atoms with Crippen molar-refractivity contribution in [1.82, 2.24) is 0 Å². The molecule has 0 spiro atoms. The molecule has 0 bridgehead atoms. The molecule has 0 saturated heterocycles. The third kappa shape index (κ3) is 3.54. The molecule has 5 nitrogen and oxygen atoms in total. The number of likely N-dealkylation sites (N-methyl/N-ethyl adjacent to an activating group) is 1. The molecule has 1 atom stereocenters. The van der Waals surface area contributed by atoms with Crippen LogP contribution in [-0.2, 0) is 9.59 Å². The zero-order valence-corrected chi connectivity index (χ0v) is 11.7. The van der Waals surface area contributed by atoms with Crippen molar-refractivity contribution in [3.63, 3.8) is 0 Å². The Morgan fingerprint density at radius 1 is 1.21 bits per heavy atom. The summed E-state index contributed by atoms with van der Waals surface area (Å²) in [5, 5.41) is 8.67. The number of aryl methyl sites for hydroxylation is 3. The van der Waals surface area contributed by atoms with Crippen molar-refractivity contribution in [2.75, 3.05) is 11.9 Å². The summed E-state index contributed by atoms with van der Waals surface area (Å²) in [6, 6.07) is 2.89. The van der Waals surface area contributed by atoms with Crippen molar-refractivity contribution in [3.05, 3.63) is 28.8 Å². The van der Waals surface area contributed by atoms with E-state index in [1.165, 1.54) is 4.90 Å². The van der Waals surface area contributed by atoms with Gasteiger partial charge in [0.25, 0.3) is 0 Å². The molecule has 0 aliphatic carbocycles. The van der Waals surface area contributed by atoms with Crippen molar-refractivity contribution < 1.29 is 14.7 Å². The average Bonchev–Trinajstić information content (AvgIpc) is 2.31. The van der Waals surface area contributed by atoms with Crippen LogP contribution < -0.4 is 10.6 Å². The number of anilines is 1. The van der Waals surface area contributed by atoms with E-state index in [-0.39, 0.29) is 6.42 Å².